The molecule has 0 aliphatic carbocycles. The molecular weight excluding hydrogens is 250 g/mol. The summed E-state index contributed by atoms with van der Waals surface area (Å²) in [4.78, 5) is 34.3. The topological polar surface area (TPSA) is 93.2 Å². The summed E-state index contributed by atoms with van der Waals surface area (Å²) in [5, 5.41) is 5.08. The first-order chi connectivity index (χ1) is 9.06. The Kier molecular flexibility index (Phi) is 4.16. The van der Waals surface area contributed by atoms with Crippen molar-refractivity contribution in [2.75, 3.05) is 6.61 Å². The summed E-state index contributed by atoms with van der Waals surface area (Å²) >= 11 is 0. The van der Waals surface area contributed by atoms with E-state index in [4.69, 9.17) is 4.74 Å². The smallest absolute Gasteiger partial charge is 0.265 e. The van der Waals surface area contributed by atoms with Crippen LogP contribution in [0.1, 0.15) is 19.8 Å². The summed E-state index contributed by atoms with van der Waals surface area (Å²) in [7, 11) is 0. The van der Waals surface area contributed by atoms with Crippen molar-refractivity contribution in [1.82, 2.24) is 15.1 Å². The summed E-state index contributed by atoms with van der Waals surface area (Å²) in [6, 6.07) is 2.16. The molecule has 1 aromatic rings. The van der Waals surface area contributed by atoms with E-state index in [2.05, 4.69) is 10.4 Å². The number of H-pyrrole nitrogens is 1. The van der Waals surface area contributed by atoms with E-state index in [1.165, 1.54) is 0 Å². The van der Waals surface area contributed by atoms with Crippen molar-refractivity contribution in [3.63, 3.8) is 0 Å². The molecule has 1 fully saturated rings. The first-order valence-corrected chi connectivity index (χ1v) is 6.27. The van der Waals surface area contributed by atoms with E-state index in [9.17, 15) is 14.4 Å². The van der Waals surface area contributed by atoms with Crippen LogP contribution in [0.5, 0.6) is 0 Å². The van der Waals surface area contributed by atoms with E-state index in [0.717, 1.165) is 36.3 Å². The summed E-state index contributed by atoms with van der Waals surface area (Å²) in [5.74, 6) is -0.327. The number of carbonyl (C=O) groups is 1. The van der Waals surface area contributed by atoms with Gasteiger partial charge in [-0.25, -0.2) is 4.68 Å². The highest BCUT2D eigenvalue weighted by Crippen LogP contribution is 2.15. The van der Waals surface area contributed by atoms with Gasteiger partial charge in [0.15, 0.2) is 0 Å². The van der Waals surface area contributed by atoms with E-state index in [1.54, 1.807) is 0 Å². The molecule has 2 rings (SSSR count). The lowest BCUT2D eigenvalue weighted by atomic mass is 10.1. The maximum Gasteiger partial charge on any atom is 0.265 e. The number of nitrogens with zero attached hydrogens (tertiary/aromatic N) is 1. The maximum absolute atomic E-state index is 11.8. The summed E-state index contributed by atoms with van der Waals surface area (Å²) < 4.78 is 6.45. The molecule has 1 saturated heterocycles. The summed E-state index contributed by atoms with van der Waals surface area (Å²) in [6.45, 7) is 2.38. The minimum atomic E-state index is -0.417. The predicted octanol–water partition coefficient (Wildman–Crippen LogP) is -0.780. The molecular formula is C12H17N3O4. The van der Waals surface area contributed by atoms with Gasteiger partial charge in [0.1, 0.15) is 6.54 Å². The zero-order valence-electron chi connectivity index (χ0n) is 10.7. The van der Waals surface area contributed by atoms with Gasteiger partial charge in [-0.05, 0) is 19.8 Å². The normalized spacial score (nSPS) is 20.2. The number of hydrogen-bond acceptors (Lipinski definition) is 4. The molecule has 104 valence electrons. The molecule has 1 amide bonds. The van der Waals surface area contributed by atoms with Gasteiger partial charge in [-0.2, -0.15) is 0 Å². The number of aromatic amines is 1. The fraction of sp³-hybridized carbons (Fsp3) is 0.583. The molecule has 7 nitrogen and oxygen atoms in total. The van der Waals surface area contributed by atoms with Gasteiger partial charge in [0.25, 0.3) is 11.1 Å². The van der Waals surface area contributed by atoms with Gasteiger partial charge in [0, 0.05) is 18.7 Å². The third kappa shape index (κ3) is 3.54. The van der Waals surface area contributed by atoms with Gasteiger partial charge in [0.05, 0.1) is 12.1 Å². The zero-order valence-corrected chi connectivity index (χ0v) is 10.7. The number of hydrogen-bond donors (Lipinski definition) is 2. The van der Waals surface area contributed by atoms with Gasteiger partial charge >= 0.3 is 0 Å². The number of nitrogens with one attached hydrogen (secondary N) is 2. The lowest BCUT2D eigenvalue weighted by Gasteiger charge is -2.20. The molecule has 0 saturated carbocycles. The number of aromatic nitrogens is 2. The third-order valence-corrected chi connectivity index (χ3v) is 3.10. The number of ether oxygens (including phenoxy) is 1. The highest BCUT2D eigenvalue weighted by atomic mass is 16.5. The van der Waals surface area contributed by atoms with Crippen LogP contribution in [0.3, 0.4) is 0 Å². The second-order valence-electron chi connectivity index (χ2n) is 4.64. The Balaban J connectivity index is 1.95. The summed E-state index contributed by atoms with van der Waals surface area (Å²) in [6.07, 6.45) is 1.94. The molecule has 0 radical (unpaired) electrons. The monoisotopic (exact) mass is 267 g/mol. The average molecular weight is 267 g/mol. The summed E-state index contributed by atoms with van der Waals surface area (Å²) in [5.41, 5.74) is -0.834. The SMILES string of the molecule is C[C@@H](NC(=O)Cn1[nH]c(=O)ccc1=O)[C@@H]1CCCO1. The second kappa shape index (κ2) is 5.83. The number of amides is 1. The van der Waals surface area contributed by atoms with Crippen LogP contribution in [0.4, 0.5) is 0 Å². The Labute approximate surface area is 109 Å². The van der Waals surface area contributed by atoms with E-state index in [-0.39, 0.29) is 24.6 Å². The van der Waals surface area contributed by atoms with Crippen molar-refractivity contribution in [1.29, 1.82) is 0 Å². The minimum Gasteiger partial charge on any atom is -0.376 e. The predicted molar refractivity (Wildman–Crippen MR) is 67.9 cm³/mol. The molecule has 0 aromatic carbocycles. The zero-order chi connectivity index (χ0) is 13.8. The van der Waals surface area contributed by atoms with E-state index >= 15 is 0 Å². The lowest BCUT2D eigenvalue weighted by molar-refractivity contribution is -0.123. The van der Waals surface area contributed by atoms with Crippen molar-refractivity contribution in [3.8, 4) is 0 Å². The van der Waals surface area contributed by atoms with Crippen LogP contribution in [-0.2, 0) is 16.1 Å². The van der Waals surface area contributed by atoms with Crippen LogP contribution in [0, 0.1) is 0 Å². The fourth-order valence-electron chi connectivity index (χ4n) is 2.11. The van der Waals surface area contributed by atoms with E-state index < -0.39 is 11.1 Å². The molecule has 2 heterocycles. The molecule has 1 aliphatic heterocycles. The fourth-order valence-corrected chi connectivity index (χ4v) is 2.11. The maximum atomic E-state index is 11.8. The first kappa shape index (κ1) is 13.5. The van der Waals surface area contributed by atoms with Crippen LogP contribution in [0.2, 0.25) is 0 Å². The molecule has 1 aliphatic rings. The van der Waals surface area contributed by atoms with Crippen LogP contribution >= 0.6 is 0 Å². The molecule has 19 heavy (non-hydrogen) atoms. The number of rotatable bonds is 4. The standard InChI is InChI=1S/C12H17N3O4/c1-8(9-3-2-6-19-9)13-11(17)7-15-12(18)5-4-10(16)14-15/h4-5,8-9H,2-3,6-7H2,1H3,(H,13,17)(H,14,16)/t8-,9+/m1/s1. The van der Waals surface area contributed by atoms with Gasteiger partial charge in [-0.3, -0.25) is 19.5 Å². The quantitative estimate of drug-likeness (QED) is 0.748. The van der Waals surface area contributed by atoms with Crippen molar-refractivity contribution in [3.05, 3.63) is 32.8 Å². The Morgan fingerprint density at radius 3 is 3.05 bits per heavy atom. The molecule has 1 aromatic heterocycles. The molecule has 0 spiro atoms. The molecule has 2 atom stereocenters. The van der Waals surface area contributed by atoms with Crippen molar-refractivity contribution in [2.45, 2.75) is 38.5 Å². The average Bonchev–Trinajstić information content (AvgIpc) is 2.87. The van der Waals surface area contributed by atoms with E-state index in [0.29, 0.717) is 0 Å². The Morgan fingerprint density at radius 1 is 1.58 bits per heavy atom. The first-order valence-electron chi connectivity index (χ1n) is 6.27. The Morgan fingerprint density at radius 2 is 2.37 bits per heavy atom. The van der Waals surface area contributed by atoms with E-state index in [1.807, 2.05) is 6.92 Å². The van der Waals surface area contributed by atoms with Crippen LogP contribution in [0.15, 0.2) is 21.7 Å². The lowest BCUT2D eigenvalue weighted by Crippen LogP contribution is -2.44. The van der Waals surface area contributed by atoms with Crippen LogP contribution in [-0.4, -0.2) is 34.4 Å². The van der Waals surface area contributed by atoms with Crippen LogP contribution in [0.25, 0.3) is 0 Å². The third-order valence-electron chi connectivity index (χ3n) is 3.10. The van der Waals surface area contributed by atoms with Crippen molar-refractivity contribution >= 4 is 5.91 Å². The highest BCUT2D eigenvalue weighted by molar-refractivity contribution is 5.75. The van der Waals surface area contributed by atoms with Crippen LogP contribution < -0.4 is 16.4 Å². The Hall–Kier alpha value is -1.89. The molecule has 0 bridgehead atoms. The molecule has 7 heteroatoms. The van der Waals surface area contributed by atoms with Gasteiger partial charge in [0.2, 0.25) is 5.91 Å². The van der Waals surface area contributed by atoms with Gasteiger partial charge < -0.3 is 10.1 Å². The number of carbonyl (C=O) groups excluding carboxylic acids is 1. The van der Waals surface area contributed by atoms with Crippen molar-refractivity contribution in [2.24, 2.45) is 0 Å². The highest BCUT2D eigenvalue weighted by Gasteiger charge is 2.23. The minimum absolute atomic E-state index is 0.0236. The molecule has 0 unspecified atom stereocenters. The Bertz CT molecular complexity index is 557. The van der Waals surface area contributed by atoms with Crippen molar-refractivity contribution < 1.29 is 9.53 Å². The van der Waals surface area contributed by atoms with Gasteiger partial charge in [-0.1, -0.05) is 0 Å². The second-order valence-corrected chi connectivity index (χ2v) is 4.64. The molecule has 2 N–H and O–H groups in total. The largest absolute Gasteiger partial charge is 0.376 e. The van der Waals surface area contributed by atoms with Gasteiger partial charge in [-0.15, -0.1) is 0 Å².